The number of rotatable bonds is 4. The summed E-state index contributed by atoms with van der Waals surface area (Å²) in [4.78, 5) is 14.3. The summed E-state index contributed by atoms with van der Waals surface area (Å²) in [6.45, 7) is 3.63. The molecule has 1 fully saturated rings. The summed E-state index contributed by atoms with van der Waals surface area (Å²) in [7, 11) is 1.99. The van der Waals surface area contributed by atoms with Crippen LogP contribution in [0, 0.1) is 5.92 Å². The van der Waals surface area contributed by atoms with Gasteiger partial charge in [0.1, 0.15) is 6.23 Å². The van der Waals surface area contributed by atoms with Crippen LogP contribution in [-0.4, -0.2) is 35.2 Å². The molecule has 2 rings (SSSR count). The van der Waals surface area contributed by atoms with Gasteiger partial charge >= 0.3 is 0 Å². The van der Waals surface area contributed by atoms with E-state index in [2.05, 4.69) is 28.9 Å². The second-order valence-electron chi connectivity index (χ2n) is 5.83. The maximum absolute atomic E-state index is 12.2. The molecule has 2 heterocycles. The highest BCUT2D eigenvalue weighted by Crippen LogP contribution is 2.31. The molecule has 1 saturated heterocycles. The normalized spacial score (nSPS) is 31.3. The van der Waals surface area contributed by atoms with Gasteiger partial charge in [-0.1, -0.05) is 24.8 Å². The van der Waals surface area contributed by atoms with Gasteiger partial charge in [-0.2, -0.15) is 0 Å². The summed E-state index contributed by atoms with van der Waals surface area (Å²) in [5.41, 5.74) is 7.60. The van der Waals surface area contributed by atoms with Gasteiger partial charge in [-0.3, -0.25) is 4.79 Å². The Labute approximate surface area is 131 Å². The number of piperidine rings is 1. The molecule has 4 N–H and O–H groups in total. The molecule has 3 unspecified atom stereocenters. The van der Waals surface area contributed by atoms with Crippen LogP contribution >= 0.6 is 0 Å². The van der Waals surface area contributed by atoms with Crippen molar-refractivity contribution in [2.75, 3.05) is 7.05 Å². The molecule has 0 radical (unpaired) electrons. The van der Waals surface area contributed by atoms with Gasteiger partial charge in [-0.15, -0.1) is 0 Å². The second-order valence-corrected chi connectivity index (χ2v) is 5.83. The monoisotopic (exact) mass is 303 g/mol. The Kier molecular flexibility index (Phi) is 5.44. The molecule has 0 aromatic carbocycles. The highest BCUT2D eigenvalue weighted by molar-refractivity contribution is 5.81. The van der Waals surface area contributed by atoms with Crippen LogP contribution in [0.2, 0.25) is 0 Å². The van der Waals surface area contributed by atoms with Gasteiger partial charge in [-0.25, -0.2) is 0 Å². The third-order valence-corrected chi connectivity index (χ3v) is 4.26. The van der Waals surface area contributed by atoms with Gasteiger partial charge in [0.15, 0.2) is 0 Å². The van der Waals surface area contributed by atoms with Crippen LogP contribution in [0.1, 0.15) is 25.7 Å². The Balaban J connectivity index is 2.17. The summed E-state index contributed by atoms with van der Waals surface area (Å²) in [5.74, 6) is -0.205. The van der Waals surface area contributed by atoms with Crippen LogP contribution in [0.15, 0.2) is 48.4 Å². The Hall–Kier alpha value is -2.01. The van der Waals surface area contributed by atoms with E-state index in [1.54, 1.807) is 6.08 Å². The fourth-order valence-electron chi connectivity index (χ4n) is 3.12. The van der Waals surface area contributed by atoms with Gasteiger partial charge in [0, 0.05) is 12.7 Å². The number of likely N-dealkylation sites (N-methyl/N-ethyl adjacent to an activating group) is 1. The largest absolute Gasteiger partial charge is 0.399 e. The van der Waals surface area contributed by atoms with E-state index in [1.165, 1.54) is 5.57 Å². The van der Waals surface area contributed by atoms with Crippen molar-refractivity contribution in [2.45, 2.75) is 38.0 Å². The maximum Gasteiger partial charge on any atom is 0.227 e. The zero-order valence-corrected chi connectivity index (χ0v) is 13.0. The predicted octanol–water partition coefficient (Wildman–Crippen LogP) is 1.39. The molecule has 5 heteroatoms. The average molecular weight is 303 g/mol. The fourth-order valence-corrected chi connectivity index (χ4v) is 3.12. The number of nitrogens with zero attached hydrogens (tertiary/aromatic N) is 1. The van der Waals surface area contributed by atoms with E-state index in [4.69, 9.17) is 5.73 Å². The standard InChI is InChI=1S/C17H25N3O2/c1-3-13(18)8-4-6-12-7-5-11-20(2)16(12)14-9-10-15(21)19-17(14)22/h3,5-6,8,11,14-16,21H,1,4,7,9-10,18H2,2H3,(H,19,22)/b12-6+,13-8+. The molecule has 0 aliphatic carbocycles. The van der Waals surface area contributed by atoms with E-state index in [0.29, 0.717) is 18.5 Å². The zero-order chi connectivity index (χ0) is 16.1. The summed E-state index contributed by atoms with van der Waals surface area (Å²) in [6, 6.07) is 0.0378. The molecule has 0 aromatic heterocycles. The lowest BCUT2D eigenvalue weighted by molar-refractivity contribution is -0.133. The van der Waals surface area contributed by atoms with Gasteiger partial charge in [0.2, 0.25) is 5.91 Å². The molecule has 3 atom stereocenters. The molecule has 120 valence electrons. The van der Waals surface area contributed by atoms with Crippen molar-refractivity contribution in [1.29, 1.82) is 0 Å². The van der Waals surface area contributed by atoms with Gasteiger partial charge < -0.3 is 21.1 Å². The first-order valence-electron chi connectivity index (χ1n) is 7.67. The second kappa shape index (κ2) is 7.31. The van der Waals surface area contributed by atoms with Crippen molar-refractivity contribution < 1.29 is 9.90 Å². The number of aliphatic hydroxyl groups is 1. The Morgan fingerprint density at radius 3 is 3.05 bits per heavy atom. The molecule has 1 amide bonds. The summed E-state index contributed by atoms with van der Waals surface area (Å²) in [6.07, 6.45) is 11.9. The van der Waals surface area contributed by atoms with Crippen LogP contribution in [0.25, 0.3) is 0 Å². The SMILES string of the molecule is C=C/C(N)=C\C/C=C1\CC=CN(C)C1C1CCC(O)NC1=O. The number of allylic oxidation sites excluding steroid dienone is 4. The van der Waals surface area contributed by atoms with E-state index in [0.717, 1.165) is 12.8 Å². The molecule has 0 spiro atoms. The van der Waals surface area contributed by atoms with Crippen molar-refractivity contribution in [3.8, 4) is 0 Å². The lowest BCUT2D eigenvalue weighted by Gasteiger charge is -2.40. The average Bonchev–Trinajstić information content (AvgIpc) is 2.48. The zero-order valence-electron chi connectivity index (χ0n) is 13.0. The van der Waals surface area contributed by atoms with Crippen molar-refractivity contribution >= 4 is 5.91 Å². The van der Waals surface area contributed by atoms with E-state index in [1.807, 2.05) is 19.3 Å². The predicted molar refractivity (Wildman–Crippen MR) is 87.3 cm³/mol. The van der Waals surface area contributed by atoms with E-state index in [-0.39, 0.29) is 17.9 Å². The number of aliphatic hydroxyl groups excluding tert-OH is 1. The Morgan fingerprint density at radius 1 is 1.59 bits per heavy atom. The van der Waals surface area contributed by atoms with E-state index in [9.17, 15) is 9.90 Å². The molecule has 2 aliphatic rings. The van der Waals surface area contributed by atoms with Crippen LogP contribution in [-0.2, 0) is 4.79 Å². The first kappa shape index (κ1) is 16.4. The highest BCUT2D eigenvalue weighted by atomic mass is 16.3. The minimum atomic E-state index is -0.712. The van der Waals surface area contributed by atoms with Crippen LogP contribution in [0.4, 0.5) is 0 Å². The molecule has 5 nitrogen and oxygen atoms in total. The molecule has 2 aliphatic heterocycles. The minimum Gasteiger partial charge on any atom is -0.399 e. The molecule has 0 saturated carbocycles. The number of carbonyl (C=O) groups excluding carboxylic acids is 1. The van der Waals surface area contributed by atoms with Crippen LogP contribution in [0.3, 0.4) is 0 Å². The van der Waals surface area contributed by atoms with Crippen molar-refractivity contribution in [2.24, 2.45) is 11.7 Å². The molecule has 0 bridgehead atoms. The van der Waals surface area contributed by atoms with Gasteiger partial charge in [-0.05, 0) is 43.5 Å². The smallest absolute Gasteiger partial charge is 0.227 e. The quantitative estimate of drug-likeness (QED) is 0.542. The van der Waals surface area contributed by atoms with E-state index < -0.39 is 6.23 Å². The first-order chi connectivity index (χ1) is 10.5. The minimum absolute atomic E-state index is 0.0378. The number of carbonyl (C=O) groups is 1. The molecule has 0 aromatic rings. The summed E-state index contributed by atoms with van der Waals surface area (Å²) in [5, 5.41) is 12.2. The number of nitrogens with one attached hydrogen (secondary N) is 1. The van der Waals surface area contributed by atoms with E-state index >= 15 is 0 Å². The topological polar surface area (TPSA) is 78.6 Å². The van der Waals surface area contributed by atoms with Crippen LogP contribution in [0.5, 0.6) is 0 Å². The summed E-state index contributed by atoms with van der Waals surface area (Å²) < 4.78 is 0. The van der Waals surface area contributed by atoms with Crippen LogP contribution < -0.4 is 11.1 Å². The number of hydrogen-bond acceptors (Lipinski definition) is 4. The van der Waals surface area contributed by atoms with Crippen molar-refractivity contribution in [1.82, 2.24) is 10.2 Å². The molecule has 22 heavy (non-hydrogen) atoms. The molecular formula is C17H25N3O2. The fraction of sp³-hybridized carbons (Fsp3) is 0.471. The van der Waals surface area contributed by atoms with Gasteiger partial charge in [0.05, 0.1) is 12.0 Å². The lowest BCUT2D eigenvalue weighted by Crippen LogP contribution is -2.52. The third kappa shape index (κ3) is 3.80. The number of hydrogen-bond donors (Lipinski definition) is 3. The third-order valence-electron chi connectivity index (χ3n) is 4.26. The first-order valence-corrected chi connectivity index (χ1v) is 7.67. The highest BCUT2D eigenvalue weighted by Gasteiger charge is 2.37. The lowest BCUT2D eigenvalue weighted by atomic mass is 9.82. The summed E-state index contributed by atoms with van der Waals surface area (Å²) >= 11 is 0. The van der Waals surface area contributed by atoms with Gasteiger partial charge in [0.25, 0.3) is 0 Å². The maximum atomic E-state index is 12.2. The van der Waals surface area contributed by atoms with Crippen molar-refractivity contribution in [3.63, 3.8) is 0 Å². The van der Waals surface area contributed by atoms with Crippen molar-refractivity contribution in [3.05, 3.63) is 48.4 Å². The molecular weight excluding hydrogens is 278 g/mol. The number of nitrogens with two attached hydrogens (primary N) is 1. The Morgan fingerprint density at radius 2 is 2.36 bits per heavy atom. The number of amides is 1. The Bertz CT molecular complexity index is 522.